The fourth-order valence-corrected chi connectivity index (χ4v) is 5.02. The Kier molecular flexibility index (Phi) is 7.08. The van der Waals surface area contributed by atoms with E-state index in [-0.39, 0.29) is 36.9 Å². The maximum Gasteiger partial charge on any atom is 0.279 e. The average molecular weight is 597 g/mol. The zero-order valence-corrected chi connectivity index (χ0v) is 22.0. The van der Waals surface area contributed by atoms with E-state index in [1.165, 1.54) is 4.57 Å². The number of nitrogens with one attached hydrogen (secondary N) is 1. The highest BCUT2D eigenvalue weighted by Crippen LogP contribution is 2.40. The first kappa shape index (κ1) is 27.9. The van der Waals surface area contributed by atoms with Crippen LogP contribution in [0.4, 0.5) is 27.6 Å². The van der Waals surface area contributed by atoms with Gasteiger partial charge in [0.15, 0.2) is 23.1 Å². The minimum Gasteiger partial charge on any atom is -0.489 e. The fourth-order valence-electron chi connectivity index (χ4n) is 5.02. The lowest BCUT2D eigenvalue weighted by Gasteiger charge is -2.34. The quantitative estimate of drug-likeness (QED) is 0.327. The number of carbonyl (C=O) groups excluding carboxylic acids is 2. The van der Waals surface area contributed by atoms with Crippen molar-refractivity contribution in [2.24, 2.45) is 0 Å². The number of carbonyl (C=O) groups is 2. The highest BCUT2D eigenvalue weighted by Gasteiger charge is 2.40. The third-order valence-electron chi connectivity index (χ3n) is 7.15. The van der Waals surface area contributed by atoms with Crippen LogP contribution in [0.15, 0.2) is 65.6 Å². The molecule has 3 aromatic carbocycles. The Hall–Kier alpha value is -5.20. The van der Waals surface area contributed by atoms with Gasteiger partial charge in [0.25, 0.3) is 11.8 Å². The number of fused-ring (bicyclic) bond motifs is 6. The summed E-state index contributed by atoms with van der Waals surface area (Å²) in [5.74, 6) is -8.45. The molecule has 43 heavy (non-hydrogen) atoms. The van der Waals surface area contributed by atoms with Gasteiger partial charge in [-0.05, 0) is 5.56 Å². The molecule has 0 fully saturated rings. The zero-order chi connectivity index (χ0) is 30.4. The van der Waals surface area contributed by atoms with Crippen molar-refractivity contribution < 1.29 is 41.0 Å². The summed E-state index contributed by atoms with van der Waals surface area (Å²) < 4.78 is 82.6. The standard InChI is InChI=1S/C30H20F5N3O5/c31-16-6-20(32)18(21(33)7-16)10-36-29(40)19-12-37-17-11-38(24-8-22(34)23(35)9-25(24)42-14-17)30(41)26(37)28(27(19)39)43-13-15-4-2-1-3-5-15/h1-9,12,17H,10-11,13-14H2,(H,36,40). The second-order valence-corrected chi connectivity index (χ2v) is 9.88. The van der Waals surface area contributed by atoms with Gasteiger partial charge in [-0.25, -0.2) is 22.0 Å². The maximum atomic E-state index is 14.2. The summed E-state index contributed by atoms with van der Waals surface area (Å²) in [5, 5.41) is 2.25. The molecule has 2 amide bonds. The van der Waals surface area contributed by atoms with E-state index in [1.807, 2.05) is 0 Å². The van der Waals surface area contributed by atoms with Crippen molar-refractivity contribution in [3.63, 3.8) is 0 Å². The van der Waals surface area contributed by atoms with E-state index in [2.05, 4.69) is 5.32 Å². The lowest BCUT2D eigenvalue weighted by molar-refractivity contribution is 0.0924. The van der Waals surface area contributed by atoms with Crippen molar-refractivity contribution in [2.45, 2.75) is 19.2 Å². The second-order valence-electron chi connectivity index (χ2n) is 9.88. The smallest absolute Gasteiger partial charge is 0.279 e. The minimum atomic E-state index is -1.24. The molecule has 6 rings (SSSR count). The summed E-state index contributed by atoms with van der Waals surface area (Å²) >= 11 is 0. The number of hydrogen-bond donors (Lipinski definition) is 1. The van der Waals surface area contributed by atoms with E-state index < -0.39 is 75.8 Å². The van der Waals surface area contributed by atoms with Crippen LogP contribution in [0, 0.1) is 29.1 Å². The number of hydrogen-bond acceptors (Lipinski definition) is 5. The van der Waals surface area contributed by atoms with Gasteiger partial charge in [-0.1, -0.05) is 30.3 Å². The highest BCUT2D eigenvalue weighted by atomic mass is 19.2. The molecule has 0 spiro atoms. The molecule has 1 atom stereocenters. The minimum absolute atomic E-state index is 0.0516. The Morgan fingerprint density at radius 1 is 0.953 bits per heavy atom. The molecule has 2 aliphatic heterocycles. The molecule has 0 aliphatic carbocycles. The van der Waals surface area contributed by atoms with E-state index >= 15 is 0 Å². The van der Waals surface area contributed by atoms with Crippen molar-refractivity contribution in [2.75, 3.05) is 18.1 Å². The van der Waals surface area contributed by atoms with Crippen molar-refractivity contribution in [1.82, 2.24) is 9.88 Å². The SMILES string of the molecule is O=C(NCc1c(F)cc(F)cc1F)c1cn2c(c(OCc3ccccc3)c1=O)C(=O)N1CC2COc2cc(F)c(F)cc21. The summed E-state index contributed by atoms with van der Waals surface area (Å²) in [6, 6.07) is 10.4. The molecule has 13 heteroatoms. The molecule has 3 heterocycles. The molecular formula is C30H20F5N3O5. The van der Waals surface area contributed by atoms with Crippen LogP contribution in [-0.2, 0) is 13.2 Å². The number of aromatic nitrogens is 1. The van der Waals surface area contributed by atoms with Gasteiger partial charge in [0.05, 0.1) is 18.3 Å². The van der Waals surface area contributed by atoms with E-state index in [9.17, 15) is 36.3 Å². The number of amides is 2. The Morgan fingerprint density at radius 2 is 1.65 bits per heavy atom. The summed E-state index contributed by atoms with van der Waals surface area (Å²) in [5.41, 5.74) is -1.83. The molecule has 8 nitrogen and oxygen atoms in total. The van der Waals surface area contributed by atoms with Gasteiger partial charge in [-0.3, -0.25) is 14.4 Å². The van der Waals surface area contributed by atoms with Crippen LogP contribution in [0.3, 0.4) is 0 Å². The first-order valence-electron chi connectivity index (χ1n) is 12.9. The maximum absolute atomic E-state index is 14.2. The lowest BCUT2D eigenvalue weighted by Crippen LogP contribution is -2.46. The van der Waals surface area contributed by atoms with E-state index in [0.717, 1.165) is 23.2 Å². The molecule has 2 aliphatic rings. The number of benzene rings is 3. The van der Waals surface area contributed by atoms with Crippen LogP contribution in [0.5, 0.6) is 11.5 Å². The second kappa shape index (κ2) is 10.9. The van der Waals surface area contributed by atoms with Crippen LogP contribution >= 0.6 is 0 Å². The monoisotopic (exact) mass is 597 g/mol. The van der Waals surface area contributed by atoms with Crippen LogP contribution in [-0.4, -0.2) is 29.5 Å². The molecule has 4 aromatic rings. The summed E-state index contributed by atoms with van der Waals surface area (Å²) in [6.07, 6.45) is 1.10. The van der Waals surface area contributed by atoms with Gasteiger partial charge >= 0.3 is 0 Å². The number of halogens is 5. The molecular weight excluding hydrogens is 577 g/mol. The zero-order valence-electron chi connectivity index (χ0n) is 22.0. The van der Waals surface area contributed by atoms with Gasteiger partial charge in [-0.2, -0.15) is 0 Å². The van der Waals surface area contributed by atoms with Crippen molar-refractivity contribution >= 4 is 17.5 Å². The molecule has 1 unspecified atom stereocenters. The van der Waals surface area contributed by atoms with Gasteiger partial charge in [0, 0.05) is 42.6 Å². The molecule has 0 saturated carbocycles. The van der Waals surface area contributed by atoms with Crippen molar-refractivity contribution in [3.8, 4) is 11.5 Å². The number of anilines is 1. The van der Waals surface area contributed by atoms with Crippen molar-refractivity contribution in [3.05, 3.63) is 122 Å². The summed E-state index contributed by atoms with van der Waals surface area (Å²) in [7, 11) is 0. The topological polar surface area (TPSA) is 89.9 Å². The van der Waals surface area contributed by atoms with Crippen LogP contribution in [0.2, 0.25) is 0 Å². The van der Waals surface area contributed by atoms with Crippen LogP contribution in [0.25, 0.3) is 0 Å². The Labute approximate surface area is 239 Å². The average Bonchev–Trinajstić information content (AvgIpc) is 3.13. The molecule has 0 saturated heterocycles. The van der Waals surface area contributed by atoms with Crippen LogP contribution < -0.4 is 25.1 Å². The molecule has 0 radical (unpaired) electrons. The van der Waals surface area contributed by atoms with Gasteiger partial charge in [-0.15, -0.1) is 0 Å². The molecule has 1 N–H and O–H groups in total. The number of nitrogens with zero attached hydrogens (tertiary/aromatic N) is 2. The summed E-state index contributed by atoms with van der Waals surface area (Å²) in [4.78, 5) is 41.8. The Bertz CT molecular complexity index is 1820. The van der Waals surface area contributed by atoms with E-state index in [4.69, 9.17) is 9.47 Å². The lowest BCUT2D eigenvalue weighted by atomic mass is 10.1. The normalized spacial score (nSPS) is 15.2. The van der Waals surface area contributed by atoms with Gasteiger partial charge in [0.2, 0.25) is 5.43 Å². The van der Waals surface area contributed by atoms with Crippen LogP contribution in [0.1, 0.15) is 38.0 Å². The Balaban J connectivity index is 1.42. The first-order valence-corrected chi connectivity index (χ1v) is 12.9. The third kappa shape index (κ3) is 5.07. The van der Waals surface area contributed by atoms with Gasteiger partial charge < -0.3 is 24.3 Å². The fraction of sp³-hybridized carbons (Fsp3) is 0.167. The summed E-state index contributed by atoms with van der Waals surface area (Å²) in [6.45, 7) is -1.14. The van der Waals surface area contributed by atoms with Gasteiger partial charge in [0.1, 0.15) is 42.0 Å². The molecule has 220 valence electrons. The number of ether oxygens (including phenoxy) is 2. The first-order chi connectivity index (χ1) is 20.6. The van der Waals surface area contributed by atoms with Crippen molar-refractivity contribution in [1.29, 1.82) is 0 Å². The largest absolute Gasteiger partial charge is 0.489 e. The highest BCUT2D eigenvalue weighted by molar-refractivity contribution is 6.09. The third-order valence-corrected chi connectivity index (χ3v) is 7.15. The van der Waals surface area contributed by atoms with E-state index in [0.29, 0.717) is 17.7 Å². The molecule has 2 bridgehead atoms. The number of rotatable bonds is 6. The number of pyridine rings is 1. The predicted octanol–water partition coefficient (Wildman–Crippen LogP) is 4.65. The molecule has 1 aromatic heterocycles. The Morgan fingerprint density at radius 3 is 2.37 bits per heavy atom. The predicted molar refractivity (Wildman–Crippen MR) is 142 cm³/mol. The van der Waals surface area contributed by atoms with E-state index in [1.54, 1.807) is 30.3 Å².